The molecule has 9 heteroatoms. The number of aliphatic hydroxyl groups is 1. The summed E-state index contributed by atoms with van der Waals surface area (Å²) in [5.41, 5.74) is 2.00. The van der Waals surface area contributed by atoms with Crippen molar-refractivity contribution in [3.05, 3.63) is 71.2 Å². The van der Waals surface area contributed by atoms with Crippen molar-refractivity contribution in [3.63, 3.8) is 0 Å². The summed E-state index contributed by atoms with van der Waals surface area (Å²) in [6, 6.07) is 9.87. The van der Waals surface area contributed by atoms with Gasteiger partial charge in [-0.3, -0.25) is 4.79 Å². The number of carboxylic acids is 2. The van der Waals surface area contributed by atoms with Crippen molar-refractivity contribution in [2.45, 2.75) is 32.0 Å². The fraction of sp³-hybridized carbons (Fsp3) is 0.273. The molecule has 3 heterocycles. The van der Waals surface area contributed by atoms with Crippen LogP contribution in [0.3, 0.4) is 0 Å². The van der Waals surface area contributed by atoms with E-state index >= 15 is 0 Å². The second-order valence-electron chi connectivity index (χ2n) is 7.61. The van der Waals surface area contributed by atoms with Gasteiger partial charge in [-0.15, -0.1) is 0 Å². The SMILES string of the molecule is C[C@@H](O)[C@H]1C(=O)N2C(C(=O)[O-])=C(c3ccc(C[n+]4cccc(C(=O)[O-])c4)cc3)C[C@H]12.[K+]. The van der Waals surface area contributed by atoms with E-state index in [2.05, 4.69) is 0 Å². The zero-order valence-corrected chi connectivity index (χ0v) is 20.3. The molecule has 2 aromatic rings. The van der Waals surface area contributed by atoms with E-state index in [1.807, 2.05) is 12.1 Å². The van der Waals surface area contributed by atoms with Crippen LogP contribution < -0.4 is 66.2 Å². The molecule has 1 fully saturated rings. The topological polar surface area (TPSA) is 125 Å². The molecular weight excluding hydrogens is 427 g/mol. The summed E-state index contributed by atoms with van der Waals surface area (Å²) in [5.74, 6) is -3.67. The van der Waals surface area contributed by atoms with Crippen LogP contribution in [-0.4, -0.2) is 40.0 Å². The molecule has 1 amide bonds. The molecule has 0 aliphatic carbocycles. The Hall–Kier alpha value is -1.88. The average molecular weight is 447 g/mol. The number of pyridine rings is 1. The minimum atomic E-state index is -1.41. The van der Waals surface area contributed by atoms with E-state index in [4.69, 9.17) is 0 Å². The van der Waals surface area contributed by atoms with E-state index in [0.717, 1.165) is 5.56 Å². The van der Waals surface area contributed by atoms with E-state index in [1.165, 1.54) is 24.1 Å². The predicted molar refractivity (Wildman–Crippen MR) is 98.9 cm³/mol. The van der Waals surface area contributed by atoms with Gasteiger partial charge in [-0.1, -0.05) is 24.3 Å². The largest absolute Gasteiger partial charge is 1.00 e. The third kappa shape index (κ3) is 4.39. The number of nitrogens with zero attached hydrogens (tertiary/aromatic N) is 2. The molecule has 1 saturated heterocycles. The Kier molecular flexibility index (Phi) is 7.14. The Morgan fingerprint density at radius 1 is 1.19 bits per heavy atom. The molecule has 0 bridgehead atoms. The molecule has 0 spiro atoms. The monoisotopic (exact) mass is 446 g/mol. The Morgan fingerprint density at radius 2 is 1.87 bits per heavy atom. The molecule has 0 saturated carbocycles. The van der Waals surface area contributed by atoms with E-state index in [1.54, 1.807) is 29.0 Å². The van der Waals surface area contributed by atoms with Gasteiger partial charge in [-0.25, -0.2) is 4.57 Å². The van der Waals surface area contributed by atoms with Crippen LogP contribution in [-0.2, 0) is 16.1 Å². The van der Waals surface area contributed by atoms with Crippen LogP contribution in [0.25, 0.3) is 5.57 Å². The second kappa shape index (κ2) is 9.31. The minimum absolute atomic E-state index is 0. The fourth-order valence-electron chi connectivity index (χ4n) is 4.28. The molecule has 2 aliphatic rings. The van der Waals surface area contributed by atoms with Gasteiger partial charge >= 0.3 is 51.4 Å². The van der Waals surface area contributed by atoms with Gasteiger partial charge < -0.3 is 29.8 Å². The zero-order chi connectivity index (χ0) is 21.6. The number of carboxylic acid groups (broad SMARTS) is 2. The summed E-state index contributed by atoms with van der Waals surface area (Å²) in [5, 5.41) is 32.5. The molecule has 4 rings (SSSR count). The summed E-state index contributed by atoms with van der Waals surface area (Å²) in [6.45, 7) is 1.95. The number of aromatic nitrogens is 1. The summed E-state index contributed by atoms with van der Waals surface area (Å²) in [6.07, 6.45) is 2.70. The average Bonchev–Trinajstić information content (AvgIpc) is 3.04. The van der Waals surface area contributed by atoms with Gasteiger partial charge in [0.05, 0.1) is 41.3 Å². The Bertz CT molecular complexity index is 1080. The second-order valence-corrected chi connectivity index (χ2v) is 7.61. The maximum atomic E-state index is 12.3. The molecule has 2 aliphatic heterocycles. The quantitative estimate of drug-likeness (QED) is 0.271. The number of benzene rings is 1. The zero-order valence-electron chi connectivity index (χ0n) is 17.1. The smallest absolute Gasteiger partial charge is 0.545 e. The first-order chi connectivity index (χ1) is 14.3. The van der Waals surface area contributed by atoms with Crippen LogP contribution in [0.2, 0.25) is 0 Å². The number of amides is 1. The molecule has 0 radical (unpaired) electrons. The molecule has 1 aromatic heterocycles. The van der Waals surface area contributed by atoms with Crippen LogP contribution in [0.4, 0.5) is 0 Å². The molecular formula is C22H19KN2O6. The molecule has 1 aromatic carbocycles. The number of aliphatic carboxylic acids is 1. The number of carbonyl (C=O) groups excluding carboxylic acids is 3. The Labute approximate surface area is 221 Å². The van der Waals surface area contributed by atoms with Crippen LogP contribution >= 0.6 is 0 Å². The Morgan fingerprint density at radius 3 is 2.45 bits per heavy atom. The maximum absolute atomic E-state index is 12.3. The third-order valence-electron chi connectivity index (χ3n) is 5.68. The van der Waals surface area contributed by atoms with Crippen molar-refractivity contribution in [1.82, 2.24) is 4.90 Å². The van der Waals surface area contributed by atoms with Crippen LogP contribution in [0.15, 0.2) is 54.5 Å². The van der Waals surface area contributed by atoms with Gasteiger partial charge in [-0.2, -0.15) is 0 Å². The normalized spacial score (nSPS) is 20.6. The maximum Gasteiger partial charge on any atom is 1.00 e. The standard InChI is InChI=1S/C22H20N2O6.K/c1-12(25)18-17-9-16(19(22(29)30)24(17)20(18)26)14-6-4-13(5-7-14)10-23-8-2-3-15(11-23)21(27)28;/h2-8,11-12,17-18,25H,9-10H2,1H3,(H-,27,28,29,30);/q;+1/p-1/t12-,17-,18-;/m1./s1. The van der Waals surface area contributed by atoms with Gasteiger partial charge in [0.25, 0.3) is 0 Å². The fourth-order valence-corrected chi connectivity index (χ4v) is 4.28. The molecule has 3 atom stereocenters. The molecule has 1 N–H and O–H groups in total. The van der Waals surface area contributed by atoms with Gasteiger partial charge in [-0.05, 0) is 30.5 Å². The van der Waals surface area contributed by atoms with Gasteiger partial charge in [0.15, 0.2) is 18.9 Å². The van der Waals surface area contributed by atoms with E-state index in [9.17, 15) is 29.7 Å². The van der Waals surface area contributed by atoms with Crippen molar-refractivity contribution in [2.24, 2.45) is 5.92 Å². The first kappa shape index (κ1) is 23.8. The Balaban J connectivity index is 0.00000272. The van der Waals surface area contributed by atoms with Gasteiger partial charge in [0.1, 0.15) is 0 Å². The summed E-state index contributed by atoms with van der Waals surface area (Å²) >= 11 is 0. The molecule has 8 nitrogen and oxygen atoms in total. The summed E-state index contributed by atoms with van der Waals surface area (Å²) in [7, 11) is 0. The summed E-state index contributed by atoms with van der Waals surface area (Å²) in [4.78, 5) is 36.2. The first-order valence-electron chi connectivity index (χ1n) is 9.53. The van der Waals surface area contributed by atoms with Crippen molar-refractivity contribution in [3.8, 4) is 0 Å². The van der Waals surface area contributed by atoms with Crippen molar-refractivity contribution < 1.29 is 85.7 Å². The molecule has 0 unspecified atom stereocenters. The van der Waals surface area contributed by atoms with Gasteiger partial charge in [0.2, 0.25) is 5.91 Å². The molecule has 31 heavy (non-hydrogen) atoms. The predicted octanol–water partition coefficient (Wildman–Crippen LogP) is -4.54. The minimum Gasteiger partial charge on any atom is -0.545 e. The van der Waals surface area contributed by atoms with Crippen molar-refractivity contribution in [1.29, 1.82) is 0 Å². The number of hydrogen-bond donors (Lipinski definition) is 1. The number of β-lactam (4-membered cyclic amide) rings is 1. The number of aliphatic hydroxyl groups excluding tert-OH is 1. The summed E-state index contributed by atoms with van der Waals surface area (Å²) < 4.78 is 1.71. The third-order valence-corrected chi connectivity index (χ3v) is 5.68. The first-order valence-corrected chi connectivity index (χ1v) is 9.53. The molecule has 154 valence electrons. The number of rotatable bonds is 6. The number of carbonyl (C=O) groups is 3. The van der Waals surface area contributed by atoms with Crippen LogP contribution in [0, 0.1) is 5.92 Å². The van der Waals surface area contributed by atoms with E-state index in [0.29, 0.717) is 24.1 Å². The number of fused-ring (bicyclic) bond motifs is 1. The van der Waals surface area contributed by atoms with Gasteiger partial charge in [0, 0.05) is 11.6 Å². The van der Waals surface area contributed by atoms with Crippen molar-refractivity contribution in [2.75, 3.05) is 0 Å². The van der Waals surface area contributed by atoms with Crippen molar-refractivity contribution >= 4 is 23.4 Å². The van der Waals surface area contributed by atoms with E-state index in [-0.39, 0.29) is 68.7 Å². The number of hydrogen-bond acceptors (Lipinski definition) is 6. The van der Waals surface area contributed by atoms with Crippen LogP contribution in [0.1, 0.15) is 34.8 Å². The van der Waals surface area contributed by atoms with E-state index < -0.39 is 29.9 Å². The number of aromatic carboxylic acids is 1. The van der Waals surface area contributed by atoms with Crippen LogP contribution in [0.5, 0.6) is 0 Å².